The lowest BCUT2D eigenvalue weighted by atomic mass is 9.85. The highest BCUT2D eigenvalue weighted by molar-refractivity contribution is 5.84. The quantitative estimate of drug-likeness (QED) is 0.784. The number of alkyl halides is 3. The zero-order chi connectivity index (χ0) is 19.7. The van der Waals surface area contributed by atoms with Gasteiger partial charge < -0.3 is 9.80 Å². The third-order valence-electron chi connectivity index (χ3n) is 6.21. The average Bonchev–Trinajstić information content (AvgIpc) is 3.11. The third-order valence-corrected chi connectivity index (χ3v) is 6.21. The molecule has 4 rings (SSSR count). The molecule has 2 heterocycles. The lowest BCUT2D eigenvalue weighted by Gasteiger charge is -2.38. The Morgan fingerprint density at radius 2 is 1.86 bits per heavy atom. The van der Waals surface area contributed by atoms with E-state index in [-0.39, 0.29) is 5.92 Å². The standard InChI is InChI=1S/C21H26F3N3O/c22-21(23,24)16-3-1-4-17(15-16)26-12-9-25(10-13-26)11-14-27-8-7-18-19(27)5-2-6-20(18)28/h1,3-4,7-8,15,18-19H,2,5-6,9-14H2. The highest BCUT2D eigenvalue weighted by Crippen LogP contribution is 2.33. The molecule has 2 fully saturated rings. The zero-order valence-electron chi connectivity index (χ0n) is 15.9. The van der Waals surface area contributed by atoms with E-state index in [9.17, 15) is 18.0 Å². The van der Waals surface area contributed by atoms with Crippen molar-refractivity contribution in [1.82, 2.24) is 9.80 Å². The molecule has 152 valence electrons. The first-order chi connectivity index (χ1) is 13.4. The fraction of sp³-hybridized carbons (Fsp3) is 0.571. The SMILES string of the molecule is O=C1CCCC2C1C=CN2CCN1CCN(c2cccc(C(F)(F)F)c2)CC1. The second-order valence-corrected chi connectivity index (χ2v) is 7.91. The molecule has 2 atom stereocenters. The first-order valence-corrected chi connectivity index (χ1v) is 10.0. The summed E-state index contributed by atoms with van der Waals surface area (Å²) in [4.78, 5) is 18.7. The molecule has 28 heavy (non-hydrogen) atoms. The molecule has 0 aromatic heterocycles. The van der Waals surface area contributed by atoms with Crippen molar-refractivity contribution in [1.29, 1.82) is 0 Å². The summed E-state index contributed by atoms with van der Waals surface area (Å²) < 4.78 is 38.8. The van der Waals surface area contributed by atoms with Crippen molar-refractivity contribution in [2.75, 3.05) is 44.2 Å². The Labute approximate surface area is 163 Å². The van der Waals surface area contributed by atoms with Crippen LogP contribution in [0, 0.1) is 5.92 Å². The molecular formula is C21H26F3N3O. The van der Waals surface area contributed by atoms with E-state index >= 15 is 0 Å². The van der Waals surface area contributed by atoms with E-state index in [1.807, 2.05) is 4.90 Å². The number of nitrogens with zero attached hydrogens (tertiary/aromatic N) is 3. The Kier molecular flexibility index (Phi) is 5.36. The normalized spacial score (nSPS) is 26.0. The summed E-state index contributed by atoms with van der Waals surface area (Å²) in [5, 5.41) is 0. The predicted molar refractivity (Wildman–Crippen MR) is 102 cm³/mol. The zero-order valence-corrected chi connectivity index (χ0v) is 15.9. The highest BCUT2D eigenvalue weighted by atomic mass is 19.4. The maximum absolute atomic E-state index is 12.9. The number of Topliss-reactive ketones (excluding diaryl/α,β-unsaturated/α-hetero) is 1. The first kappa shape index (κ1) is 19.3. The van der Waals surface area contributed by atoms with Crippen LogP contribution in [0.15, 0.2) is 36.5 Å². The molecule has 2 unspecified atom stereocenters. The maximum atomic E-state index is 12.9. The Morgan fingerprint density at radius 1 is 1.07 bits per heavy atom. The van der Waals surface area contributed by atoms with Crippen LogP contribution in [-0.2, 0) is 11.0 Å². The van der Waals surface area contributed by atoms with Gasteiger partial charge in [0.25, 0.3) is 0 Å². The monoisotopic (exact) mass is 393 g/mol. The molecule has 0 spiro atoms. The Balaban J connectivity index is 1.27. The summed E-state index contributed by atoms with van der Waals surface area (Å²) in [5.74, 6) is 0.441. The lowest BCUT2D eigenvalue weighted by molar-refractivity contribution is -0.137. The van der Waals surface area contributed by atoms with Crippen molar-refractivity contribution < 1.29 is 18.0 Å². The van der Waals surface area contributed by atoms with Crippen molar-refractivity contribution in [3.05, 3.63) is 42.1 Å². The smallest absolute Gasteiger partial charge is 0.372 e. The molecule has 1 aromatic carbocycles. The van der Waals surface area contributed by atoms with Gasteiger partial charge in [-0.1, -0.05) is 12.1 Å². The van der Waals surface area contributed by atoms with Gasteiger partial charge in [-0.2, -0.15) is 13.2 Å². The Bertz CT molecular complexity index is 741. The summed E-state index contributed by atoms with van der Waals surface area (Å²) in [7, 11) is 0. The van der Waals surface area contributed by atoms with Crippen LogP contribution in [-0.4, -0.2) is 60.9 Å². The number of carbonyl (C=O) groups excluding carboxylic acids is 1. The second kappa shape index (κ2) is 7.78. The van der Waals surface area contributed by atoms with Crippen LogP contribution in [0.3, 0.4) is 0 Å². The van der Waals surface area contributed by atoms with E-state index in [2.05, 4.69) is 22.1 Å². The van der Waals surface area contributed by atoms with Crippen LogP contribution in [0.4, 0.5) is 18.9 Å². The molecule has 2 aliphatic heterocycles. The number of anilines is 1. The van der Waals surface area contributed by atoms with E-state index < -0.39 is 11.7 Å². The fourth-order valence-electron chi connectivity index (χ4n) is 4.57. The molecule has 1 saturated carbocycles. The molecule has 1 aliphatic carbocycles. The van der Waals surface area contributed by atoms with Crippen molar-refractivity contribution >= 4 is 11.5 Å². The number of hydrogen-bond donors (Lipinski definition) is 0. The number of halogens is 3. The van der Waals surface area contributed by atoms with Gasteiger partial charge in [0.2, 0.25) is 0 Å². The van der Waals surface area contributed by atoms with Gasteiger partial charge >= 0.3 is 6.18 Å². The van der Waals surface area contributed by atoms with Crippen molar-refractivity contribution in [3.8, 4) is 0 Å². The number of benzene rings is 1. The molecular weight excluding hydrogens is 367 g/mol. The number of hydrogen-bond acceptors (Lipinski definition) is 4. The van der Waals surface area contributed by atoms with E-state index in [0.717, 1.165) is 58.2 Å². The number of rotatable bonds is 4. The summed E-state index contributed by atoms with van der Waals surface area (Å²) in [5.41, 5.74) is 0.0466. The van der Waals surface area contributed by atoms with Gasteiger partial charge in [-0.3, -0.25) is 9.69 Å². The summed E-state index contributed by atoms with van der Waals surface area (Å²) >= 11 is 0. The van der Waals surface area contributed by atoms with Crippen molar-refractivity contribution in [3.63, 3.8) is 0 Å². The van der Waals surface area contributed by atoms with E-state index in [4.69, 9.17) is 0 Å². The molecule has 0 bridgehead atoms. The van der Waals surface area contributed by atoms with E-state index in [1.54, 1.807) is 6.07 Å². The maximum Gasteiger partial charge on any atom is 0.416 e. The minimum absolute atomic E-state index is 0.0755. The van der Waals surface area contributed by atoms with Crippen LogP contribution >= 0.6 is 0 Å². The molecule has 4 nitrogen and oxygen atoms in total. The molecule has 3 aliphatic rings. The highest BCUT2D eigenvalue weighted by Gasteiger charge is 2.36. The second-order valence-electron chi connectivity index (χ2n) is 7.91. The average molecular weight is 393 g/mol. The lowest BCUT2D eigenvalue weighted by Crippen LogP contribution is -2.49. The first-order valence-electron chi connectivity index (χ1n) is 10.0. The predicted octanol–water partition coefficient (Wildman–Crippen LogP) is 3.39. The topological polar surface area (TPSA) is 26.8 Å². The van der Waals surface area contributed by atoms with Crippen molar-refractivity contribution in [2.45, 2.75) is 31.5 Å². The molecule has 0 amide bonds. The van der Waals surface area contributed by atoms with Gasteiger partial charge in [-0.05, 0) is 37.2 Å². The van der Waals surface area contributed by atoms with Crippen LogP contribution < -0.4 is 4.90 Å². The van der Waals surface area contributed by atoms with Crippen LogP contribution in [0.5, 0.6) is 0 Å². The number of fused-ring (bicyclic) bond motifs is 1. The van der Waals surface area contributed by atoms with Gasteiger partial charge in [0.1, 0.15) is 5.78 Å². The van der Waals surface area contributed by atoms with Gasteiger partial charge in [-0.15, -0.1) is 0 Å². The minimum Gasteiger partial charge on any atom is -0.372 e. The largest absolute Gasteiger partial charge is 0.416 e. The Hall–Kier alpha value is -2.02. The van der Waals surface area contributed by atoms with Gasteiger partial charge in [0.15, 0.2) is 0 Å². The van der Waals surface area contributed by atoms with E-state index in [1.165, 1.54) is 12.1 Å². The third kappa shape index (κ3) is 4.04. The fourth-order valence-corrected chi connectivity index (χ4v) is 4.57. The minimum atomic E-state index is -4.31. The van der Waals surface area contributed by atoms with Crippen LogP contribution in [0.1, 0.15) is 24.8 Å². The number of piperazine rings is 1. The molecule has 1 saturated heterocycles. The van der Waals surface area contributed by atoms with Gasteiger partial charge in [-0.25, -0.2) is 0 Å². The van der Waals surface area contributed by atoms with Gasteiger partial charge in [0, 0.05) is 57.4 Å². The number of carbonyl (C=O) groups is 1. The summed E-state index contributed by atoms with van der Waals surface area (Å²) in [6.07, 6.45) is 2.59. The van der Waals surface area contributed by atoms with E-state index in [0.29, 0.717) is 23.9 Å². The van der Waals surface area contributed by atoms with Gasteiger partial charge in [0.05, 0.1) is 11.5 Å². The molecule has 7 heteroatoms. The summed E-state index contributed by atoms with van der Waals surface area (Å²) in [6, 6.07) is 5.91. The molecule has 0 N–H and O–H groups in total. The van der Waals surface area contributed by atoms with Crippen LogP contribution in [0.2, 0.25) is 0 Å². The van der Waals surface area contributed by atoms with Crippen LogP contribution in [0.25, 0.3) is 0 Å². The molecule has 0 radical (unpaired) electrons. The summed E-state index contributed by atoms with van der Waals surface area (Å²) in [6.45, 7) is 4.93. The Morgan fingerprint density at radius 3 is 2.61 bits per heavy atom. The number of ketones is 1. The van der Waals surface area contributed by atoms with Crippen molar-refractivity contribution in [2.24, 2.45) is 5.92 Å². The molecule has 1 aromatic rings.